The van der Waals surface area contributed by atoms with Crippen LogP contribution in [0.2, 0.25) is 10.0 Å². The molecule has 8 nitrogen and oxygen atoms in total. The number of carbonyl (C=O) groups excluding carboxylic acids is 1. The number of nitrogens with zero attached hydrogens (tertiary/aromatic N) is 5. The Kier molecular flexibility index (Phi) is 6.03. The van der Waals surface area contributed by atoms with Crippen LogP contribution in [0, 0.1) is 0 Å². The molecule has 30 heavy (non-hydrogen) atoms. The highest BCUT2D eigenvalue weighted by molar-refractivity contribution is 8.00. The zero-order chi connectivity index (χ0) is 21.1. The van der Waals surface area contributed by atoms with Crippen LogP contribution in [0.25, 0.3) is 16.9 Å². The summed E-state index contributed by atoms with van der Waals surface area (Å²) in [4.78, 5) is 20.8. The Balaban J connectivity index is 1.51. The number of aromatic nitrogens is 5. The summed E-state index contributed by atoms with van der Waals surface area (Å²) >= 11 is 13.1. The lowest BCUT2D eigenvalue weighted by Crippen LogP contribution is -2.14. The standard InChI is InChI=1S/C19H14Cl2N6O2S/c1-29-13-4-2-3-12(8-13)27-18-17(25-26-27)19(23-10-22-18)30-9-16(28)24-11-5-6-14(20)15(21)7-11/h2-8,10H,9H2,1H3,(H,24,28). The lowest BCUT2D eigenvalue weighted by atomic mass is 10.3. The van der Waals surface area contributed by atoms with Gasteiger partial charge in [0.2, 0.25) is 5.91 Å². The van der Waals surface area contributed by atoms with E-state index >= 15 is 0 Å². The number of rotatable bonds is 6. The van der Waals surface area contributed by atoms with Gasteiger partial charge in [-0.05, 0) is 30.3 Å². The Morgan fingerprint density at radius 1 is 1.17 bits per heavy atom. The minimum absolute atomic E-state index is 0.123. The summed E-state index contributed by atoms with van der Waals surface area (Å²) in [7, 11) is 1.60. The number of hydrogen-bond donors (Lipinski definition) is 1. The number of amides is 1. The molecule has 0 saturated carbocycles. The van der Waals surface area contributed by atoms with E-state index in [-0.39, 0.29) is 11.7 Å². The second-order valence-electron chi connectivity index (χ2n) is 6.02. The van der Waals surface area contributed by atoms with E-state index in [1.807, 2.05) is 24.3 Å². The maximum atomic E-state index is 12.3. The summed E-state index contributed by atoms with van der Waals surface area (Å²) in [5.74, 6) is 0.599. The Bertz CT molecular complexity index is 1230. The number of hydrogen-bond acceptors (Lipinski definition) is 7. The lowest BCUT2D eigenvalue weighted by molar-refractivity contribution is -0.113. The first kappa shape index (κ1) is 20.4. The lowest BCUT2D eigenvalue weighted by Gasteiger charge is -2.06. The van der Waals surface area contributed by atoms with Crippen LogP contribution < -0.4 is 10.1 Å². The smallest absolute Gasteiger partial charge is 0.234 e. The third-order valence-electron chi connectivity index (χ3n) is 4.05. The van der Waals surface area contributed by atoms with Gasteiger partial charge in [-0.3, -0.25) is 4.79 Å². The van der Waals surface area contributed by atoms with Gasteiger partial charge in [-0.2, -0.15) is 4.68 Å². The summed E-state index contributed by atoms with van der Waals surface area (Å²) in [5, 5.41) is 12.5. The van der Waals surface area contributed by atoms with Crippen LogP contribution in [0.15, 0.2) is 53.8 Å². The highest BCUT2D eigenvalue weighted by Crippen LogP contribution is 2.27. The fraction of sp³-hybridized carbons (Fsp3) is 0.105. The highest BCUT2D eigenvalue weighted by Gasteiger charge is 2.15. The minimum atomic E-state index is -0.217. The van der Waals surface area contributed by atoms with Gasteiger partial charge in [0.15, 0.2) is 11.2 Å². The monoisotopic (exact) mass is 460 g/mol. The first-order valence-corrected chi connectivity index (χ1v) is 10.4. The Morgan fingerprint density at radius 2 is 2.03 bits per heavy atom. The molecule has 4 rings (SSSR count). The molecule has 4 aromatic rings. The van der Waals surface area contributed by atoms with E-state index in [0.29, 0.717) is 37.7 Å². The Morgan fingerprint density at radius 3 is 2.83 bits per heavy atom. The maximum absolute atomic E-state index is 12.3. The largest absolute Gasteiger partial charge is 0.497 e. The van der Waals surface area contributed by atoms with E-state index in [4.69, 9.17) is 27.9 Å². The van der Waals surface area contributed by atoms with Gasteiger partial charge in [0, 0.05) is 11.8 Å². The molecule has 0 atom stereocenters. The molecule has 0 aliphatic rings. The number of methoxy groups -OCH3 is 1. The topological polar surface area (TPSA) is 94.8 Å². The van der Waals surface area contributed by atoms with Gasteiger partial charge in [-0.15, -0.1) is 5.10 Å². The van der Waals surface area contributed by atoms with Crippen molar-refractivity contribution in [3.8, 4) is 11.4 Å². The fourth-order valence-electron chi connectivity index (χ4n) is 2.65. The van der Waals surface area contributed by atoms with Crippen LogP contribution in [-0.2, 0) is 4.79 Å². The van der Waals surface area contributed by atoms with Gasteiger partial charge in [0.1, 0.15) is 17.1 Å². The molecule has 1 N–H and O–H groups in total. The van der Waals surface area contributed by atoms with Crippen molar-refractivity contribution in [1.29, 1.82) is 0 Å². The van der Waals surface area contributed by atoms with Crippen molar-refractivity contribution in [2.75, 3.05) is 18.2 Å². The molecule has 0 aliphatic carbocycles. The SMILES string of the molecule is COc1cccc(-n2nnc3c(SCC(=O)Nc4ccc(Cl)c(Cl)c4)ncnc32)c1. The molecule has 0 unspecified atom stereocenters. The van der Waals surface area contributed by atoms with Crippen LogP contribution in [0.5, 0.6) is 5.75 Å². The van der Waals surface area contributed by atoms with Crippen LogP contribution in [0.4, 0.5) is 5.69 Å². The first-order chi connectivity index (χ1) is 14.5. The molecule has 1 amide bonds. The van der Waals surface area contributed by atoms with E-state index in [1.165, 1.54) is 18.1 Å². The number of halogens is 2. The van der Waals surface area contributed by atoms with Crippen LogP contribution >= 0.6 is 35.0 Å². The molecule has 0 bridgehead atoms. The summed E-state index contributed by atoms with van der Waals surface area (Å²) in [6.45, 7) is 0. The average molecular weight is 461 g/mol. The van der Waals surface area contributed by atoms with E-state index in [2.05, 4.69) is 25.6 Å². The third kappa shape index (κ3) is 4.33. The van der Waals surface area contributed by atoms with E-state index in [0.717, 1.165) is 5.69 Å². The molecule has 2 aromatic carbocycles. The van der Waals surface area contributed by atoms with E-state index in [9.17, 15) is 4.79 Å². The van der Waals surface area contributed by atoms with Crippen molar-refractivity contribution >= 4 is 57.7 Å². The van der Waals surface area contributed by atoms with Gasteiger partial charge in [-0.1, -0.05) is 46.2 Å². The quantitative estimate of drug-likeness (QED) is 0.339. The fourth-order valence-corrected chi connectivity index (χ4v) is 3.68. The third-order valence-corrected chi connectivity index (χ3v) is 5.76. The number of thioether (sulfide) groups is 1. The number of carbonyl (C=O) groups is 1. The summed E-state index contributed by atoms with van der Waals surface area (Å²) < 4.78 is 6.85. The van der Waals surface area contributed by atoms with Gasteiger partial charge in [0.25, 0.3) is 0 Å². The van der Waals surface area contributed by atoms with Gasteiger partial charge in [-0.25, -0.2) is 9.97 Å². The predicted molar refractivity (Wildman–Crippen MR) is 117 cm³/mol. The Labute approximate surface area is 185 Å². The van der Waals surface area contributed by atoms with Gasteiger partial charge < -0.3 is 10.1 Å². The van der Waals surface area contributed by atoms with Crippen molar-refractivity contribution in [2.45, 2.75) is 5.03 Å². The average Bonchev–Trinajstić information content (AvgIpc) is 3.20. The van der Waals surface area contributed by atoms with E-state index < -0.39 is 0 Å². The molecule has 11 heteroatoms. The maximum Gasteiger partial charge on any atom is 0.234 e. The number of benzene rings is 2. The minimum Gasteiger partial charge on any atom is -0.497 e. The molecule has 0 fully saturated rings. The van der Waals surface area contributed by atoms with Crippen molar-refractivity contribution in [3.63, 3.8) is 0 Å². The molecule has 2 aromatic heterocycles. The van der Waals surface area contributed by atoms with Gasteiger partial charge >= 0.3 is 0 Å². The molecule has 0 saturated heterocycles. The predicted octanol–water partition coefficient (Wildman–Crippen LogP) is 4.26. The number of ether oxygens (including phenoxy) is 1. The van der Waals surface area contributed by atoms with Crippen LogP contribution in [-0.4, -0.2) is 43.7 Å². The highest BCUT2D eigenvalue weighted by atomic mass is 35.5. The van der Waals surface area contributed by atoms with Gasteiger partial charge in [0.05, 0.1) is 28.6 Å². The molecule has 2 heterocycles. The normalized spacial score (nSPS) is 10.9. The zero-order valence-corrected chi connectivity index (χ0v) is 17.9. The second-order valence-corrected chi connectivity index (χ2v) is 7.80. The van der Waals surface area contributed by atoms with Crippen molar-refractivity contribution in [3.05, 3.63) is 58.8 Å². The molecule has 0 radical (unpaired) electrons. The van der Waals surface area contributed by atoms with Crippen LogP contribution in [0.1, 0.15) is 0 Å². The van der Waals surface area contributed by atoms with Crippen molar-refractivity contribution in [1.82, 2.24) is 25.0 Å². The summed E-state index contributed by atoms with van der Waals surface area (Å²) in [6.07, 6.45) is 1.42. The van der Waals surface area contributed by atoms with Crippen LogP contribution in [0.3, 0.4) is 0 Å². The second kappa shape index (κ2) is 8.86. The van der Waals surface area contributed by atoms with Crippen molar-refractivity contribution < 1.29 is 9.53 Å². The number of fused-ring (bicyclic) bond motifs is 1. The van der Waals surface area contributed by atoms with E-state index in [1.54, 1.807) is 30.0 Å². The number of nitrogens with one attached hydrogen (secondary N) is 1. The number of anilines is 1. The van der Waals surface area contributed by atoms with Crippen molar-refractivity contribution in [2.24, 2.45) is 0 Å². The summed E-state index contributed by atoms with van der Waals surface area (Å²) in [6, 6.07) is 12.3. The molecule has 152 valence electrons. The molecule has 0 spiro atoms. The molecule has 0 aliphatic heterocycles. The first-order valence-electron chi connectivity index (χ1n) is 8.63. The Hall–Kier alpha value is -2.88. The molecular formula is C19H14Cl2N6O2S. The zero-order valence-electron chi connectivity index (χ0n) is 15.5. The summed E-state index contributed by atoms with van der Waals surface area (Å²) in [5.41, 5.74) is 2.36. The molecular weight excluding hydrogens is 447 g/mol.